The van der Waals surface area contributed by atoms with Crippen molar-refractivity contribution < 1.29 is 24.4 Å². The molecule has 0 aliphatic heterocycles. The molecule has 2 aromatic carbocycles. The van der Waals surface area contributed by atoms with Crippen molar-refractivity contribution in [3.8, 4) is 11.1 Å². The van der Waals surface area contributed by atoms with E-state index in [1.54, 1.807) is 12.1 Å². The summed E-state index contributed by atoms with van der Waals surface area (Å²) in [5.41, 5.74) is 0.769. The predicted octanol–water partition coefficient (Wildman–Crippen LogP) is 2.75. The number of hydrogen-bond donors (Lipinski definition) is 1. The third-order valence-electron chi connectivity index (χ3n) is 3.01. The highest BCUT2D eigenvalue weighted by Crippen LogP contribution is 2.26. The first-order valence-electron chi connectivity index (χ1n) is 6.14. The summed E-state index contributed by atoms with van der Waals surface area (Å²) in [4.78, 5) is 32.7. The standard InChI is InChI=1S/C15H11NO6/c1-22-15(19)10-4-2-9(3-5-10)11-6-12(14(17)18)8-13(7-11)16(20)21/h2-8H,1H3,(H,17,18). The Hall–Kier alpha value is -3.22. The Balaban J connectivity index is 2.49. The minimum Gasteiger partial charge on any atom is -0.478 e. The molecular formula is C15H11NO6. The Kier molecular flexibility index (Phi) is 4.17. The Morgan fingerprint density at radius 3 is 2.18 bits per heavy atom. The number of nitro benzene ring substituents is 1. The van der Waals surface area contributed by atoms with Crippen LogP contribution in [0, 0.1) is 10.1 Å². The lowest BCUT2D eigenvalue weighted by Gasteiger charge is -2.05. The second-order valence-electron chi connectivity index (χ2n) is 4.40. The van der Waals surface area contributed by atoms with Crippen LogP contribution in [0.2, 0.25) is 0 Å². The Morgan fingerprint density at radius 2 is 1.68 bits per heavy atom. The van der Waals surface area contributed by atoms with Crippen molar-refractivity contribution in [3.63, 3.8) is 0 Å². The van der Waals surface area contributed by atoms with E-state index in [9.17, 15) is 19.7 Å². The molecule has 7 nitrogen and oxygen atoms in total. The van der Waals surface area contributed by atoms with Gasteiger partial charge in [0.2, 0.25) is 0 Å². The van der Waals surface area contributed by atoms with Gasteiger partial charge in [-0.15, -0.1) is 0 Å². The zero-order valence-corrected chi connectivity index (χ0v) is 11.5. The van der Waals surface area contributed by atoms with Crippen LogP contribution in [0.4, 0.5) is 5.69 Å². The summed E-state index contributed by atoms with van der Waals surface area (Å²) in [5.74, 6) is -1.76. The Bertz CT molecular complexity index is 719. The molecule has 112 valence electrons. The highest BCUT2D eigenvalue weighted by Gasteiger charge is 2.15. The van der Waals surface area contributed by atoms with E-state index in [0.717, 1.165) is 6.07 Å². The van der Waals surface area contributed by atoms with Gasteiger partial charge in [-0.3, -0.25) is 10.1 Å². The number of carboxylic acid groups (broad SMARTS) is 1. The van der Waals surface area contributed by atoms with Crippen molar-refractivity contribution in [2.24, 2.45) is 0 Å². The fraction of sp³-hybridized carbons (Fsp3) is 0.0667. The van der Waals surface area contributed by atoms with Crippen LogP contribution in [0.5, 0.6) is 0 Å². The third-order valence-corrected chi connectivity index (χ3v) is 3.01. The molecule has 0 unspecified atom stereocenters. The van der Waals surface area contributed by atoms with Gasteiger partial charge < -0.3 is 9.84 Å². The molecule has 7 heteroatoms. The quantitative estimate of drug-likeness (QED) is 0.528. The maximum atomic E-state index is 11.4. The Labute approximate surface area is 124 Å². The van der Waals surface area contributed by atoms with Crippen molar-refractivity contribution in [1.29, 1.82) is 0 Å². The first-order chi connectivity index (χ1) is 10.4. The number of nitrogens with zero attached hydrogens (tertiary/aromatic N) is 1. The van der Waals surface area contributed by atoms with E-state index in [1.807, 2.05) is 0 Å². The van der Waals surface area contributed by atoms with E-state index in [4.69, 9.17) is 5.11 Å². The molecule has 0 amide bonds. The molecule has 0 saturated heterocycles. The number of aromatic carboxylic acids is 1. The van der Waals surface area contributed by atoms with Crippen molar-refractivity contribution in [3.05, 3.63) is 63.7 Å². The topological polar surface area (TPSA) is 107 Å². The van der Waals surface area contributed by atoms with Crippen LogP contribution in [-0.4, -0.2) is 29.1 Å². The SMILES string of the molecule is COC(=O)c1ccc(-c2cc(C(=O)O)cc([N+](=O)[O-])c2)cc1. The van der Waals surface area contributed by atoms with Gasteiger partial charge in [0.25, 0.3) is 5.69 Å². The van der Waals surface area contributed by atoms with Gasteiger partial charge in [0.05, 0.1) is 23.2 Å². The predicted molar refractivity (Wildman–Crippen MR) is 76.8 cm³/mol. The van der Waals surface area contributed by atoms with E-state index >= 15 is 0 Å². The lowest BCUT2D eigenvalue weighted by Crippen LogP contribution is -2.01. The zero-order chi connectivity index (χ0) is 16.3. The number of ether oxygens (including phenoxy) is 1. The largest absolute Gasteiger partial charge is 0.478 e. The number of nitro groups is 1. The first-order valence-corrected chi connectivity index (χ1v) is 6.14. The monoisotopic (exact) mass is 301 g/mol. The van der Waals surface area contributed by atoms with Crippen LogP contribution < -0.4 is 0 Å². The van der Waals surface area contributed by atoms with Crippen molar-refractivity contribution in [1.82, 2.24) is 0 Å². The molecule has 1 N–H and O–H groups in total. The average Bonchev–Trinajstić information content (AvgIpc) is 2.53. The van der Waals surface area contributed by atoms with Gasteiger partial charge in [-0.1, -0.05) is 12.1 Å². The fourth-order valence-electron chi connectivity index (χ4n) is 1.92. The summed E-state index contributed by atoms with van der Waals surface area (Å²) in [6, 6.07) is 9.74. The highest BCUT2D eigenvalue weighted by atomic mass is 16.6. The molecule has 0 radical (unpaired) electrons. The van der Waals surface area contributed by atoms with Gasteiger partial charge in [0.15, 0.2) is 0 Å². The zero-order valence-electron chi connectivity index (χ0n) is 11.5. The molecule has 2 rings (SSSR count). The normalized spacial score (nSPS) is 10.0. The summed E-state index contributed by atoms with van der Waals surface area (Å²) in [5, 5.41) is 19.9. The van der Waals surface area contributed by atoms with E-state index in [2.05, 4.69) is 4.74 Å². The molecule has 22 heavy (non-hydrogen) atoms. The number of methoxy groups -OCH3 is 1. The summed E-state index contributed by atoms with van der Waals surface area (Å²) in [6.07, 6.45) is 0. The summed E-state index contributed by atoms with van der Waals surface area (Å²) in [7, 11) is 1.26. The van der Waals surface area contributed by atoms with Crippen molar-refractivity contribution >= 4 is 17.6 Å². The molecule has 2 aromatic rings. The minimum absolute atomic E-state index is 0.179. The van der Waals surface area contributed by atoms with Crippen LogP contribution in [0.25, 0.3) is 11.1 Å². The molecule has 0 aliphatic carbocycles. The van der Waals surface area contributed by atoms with E-state index < -0.39 is 16.9 Å². The van der Waals surface area contributed by atoms with E-state index in [-0.39, 0.29) is 11.3 Å². The molecular weight excluding hydrogens is 290 g/mol. The van der Waals surface area contributed by atoms with E-state index in [0.29, 0.717) is 16.7 Å². The lowest BCUT2D eigenvalue weighted by molar-refractivity contribution is -0.384. The molecule has 0 fully saturated rings. The second-order valence-corrected chi connectivity index (χ2v) is 4.40. The fourth-order valence-corrected chi connectivity index (χ4v) is 1.92. The Morgan fingerprint density at radius 1 is 1.05 bits per heavy atom. The molecule has 0 bridgehead atoms. The van der Waals surface area contributed by atoms with E-state index in [1.165, 1.54) is 31.4 Å². The van der Waals surface area contributed by atoms with Gasteiger partial charge in [-0.2, -0.15) is 0 Å². The molecule has 0 spiro atoms. The van der Waals surface area contributed by atoms with Crippen molar-refractivity contribution in [2.75, 3.05) is 7.11 Å². The molecule has 0 saturated carbocycles. The minimum atomic E-state index is -1.25. The first kappa shape index (κ1) is 15.2. The van der Waals surface area contributed by atoms with Crippen LogP contribution in [-0.2, 0) is 4.74 Å². The highest BCUT2D eigenvalue weighted by molar-refractivity contribution is 5.92. The number of carbonyl (C=O) groups is 2. The summed E-state index contributed by atoms with van der Waals surface area (Å²) >= 11 is 0. The maximum Gasteiger partial charge on any atom is 0.337 e. The summed E-state index contributed by atoms with van der Waals surface area (Å²) < 4.78 is 4.58. The second kappa shape index (κ2) is 6.04. The number of rotatable bonds is 4. The van der Waals surface area contributed by atoms with Gasteiger partial charge in [-0.05, 0) is 29.3 Å². The van der Waals surface area contributed by atoms with Gasteiger partial charge >= 0.3 is 11.9 Å². The smallest absolute Gasteiger partial charge is 0.337 e. The number of hydrogen-bond acceptors (Lipinski definition) is 5. The van der Waals surface area contributed by atoms with Gasteiger partial charge in [-0.25, -0.2) is 9.59 Å². The number of benzene rings is 2. The third kappa shape index (κ3) is 3.09. The molecule has 0 heterocycles. The van der Waals surface area contributed by atoms with Crippen LogP contribution >= 0.6 is 0 Å². The number of non-ortho nitro benzene ring substituents is 1. The van der Waals surface area contributed by atoms with Crippen LogP contribution in [0.1, 0.15) is 20.7 Å². The lowest BCUT2D eigenvalue weighted by atomic mass is 10.0. The maximum absolute atomic E-state index is 11.4. The van der Waals surface area contributed by atoms with Gasteiger partial charge in [0, 0.05) is 12.1 Å². The molecule has 0 aliphatic rings. The molecule has 0 atom stereocenters. The number of carboxylic acids is 1. The number of carbonyl (C=O) groups excluding carboxylic acids is 1. The number of esters is 1. The van der Waals surface area contributed by atoms with Crippen LogP contribution in [0.15, 0.2) is 42.5 Å². The van der Waals surface area contributed by atoms with Crippen LogP contribution in [0.3, 0.4) is 0 Å². The molecule has 0 aromatic heterocycles. The summed E-state index contributed by atoms with van der Waals surface area (Å²) in [6.45, 7) is 0. The van der Waals surface area contributed by atoms with Gasteiger partial charge in [0.1, 0.15) is 0 Å². The average molecular weight is 301 g/mol. The van der Waals surface area contributed by atoms with Crippen molar-refractivity contribution in [2.45, 2.75) is 0 Å².